The Labute approximate surface area is 138 Å². The van der Waals surface area contributed by atoms with Gasteiger partial charge in [0.25, 0.3) is 5.91 Å². The van der Waals surface area contributed by atoms with E-state index in [0.29, 0.717) is 6.07 Å². The maximum absolute atomic E-state index is 12.6. The number of nitrogens with one attached hydrogen (secondary N) is 1. The molecule has 0 bridgehead atoms. The van der Waals surface area contributed by atoms with E-state index in [0.717, 1.165) is 29.1 Å². The smallest absolute Gasteiger partial charge is 0.348 e. The molecule has 10 heteroatoms. The maximum Gasteiger partial charge on any atom is 0.435 e. The summed E-state index contributed by atoms with van der Waals surface area (Å²) < 4.78 is 76.3. The Hall–Kier alpha value is -2.52. The molecule has 1 aromatic carbocycles. The first-order chi connectivity index (χ1) is 11.5. The number of carbonyl (C=O) groups is 1. The zero-order chi connectivity index (χ0) is 18.8. The molecule has 0 aliphatic rings. The fourth-order valence-electron chi connectivity index (χ4n) is 2.08. The van der Waals surface area contributed by atoms with E-state index in [1.807, 2.05) is 0 Å². The van der Waals surface area contributed by atoms with Crippen LogP contribution >= 0.6 is 0 Å². The van der Waals surface area contributed by atoms with Crippen LogP contribution in [0.15, 0.2) is 36.5 Å². The number of hydrogen-bond donors (Lipinski definition) is 1. The van der Waals surface area contributed by atoms with Crippen molar-refractivity contribution in [3.8, 4) is 0 Å². The van der Waals surface area contributed by atoms with Gasteiger partial charge in [-0.15, -0.1) is 0 Å². The third-order valence-corrected chi connectivity index (χ3v) is 3.22. The number of nitrogens with zero attached hydrogens (tertiary/aromatic N) is 2. The summed E-state index contributed by atoms with van der Waals surface area (Å²) in [7, 11) is 0. The Kier molecular flexibility index (Phi) is 5.09. The van der Waals surface area contributed by atoms with Crippen LogP contribution in [0.4, 0.5) is 26.3 Å². The molecule has 0 aliphatic heterocycles. The SMILES string of the molecule is C[C@@H](Cn1ccc(C(F)(F)F)n1)NC(=O)c1cccc(C(F)(F)F)c1. The van der Waals surface area contributed by atoms with Crippen molar-refractivity contribution in [3.05, 3.63) is 53.3 Å². The van der Waals surface area contributed by atoms with Crippen molar-refractivity contribution in [1.82, 2.24) is 15.1 Å². The first-order valence-electron chi connectivity index (χ1n) is 7.05. The zero-order valence-electron chi connectivity index (χ0n) is 12.8. The summed E-state index contributed by atoms with van der Waals surface area (Å²) in [4.78, 5) is 12.0. The second-order valence-corrected chi connectivity index (χ2v) is 5.37. The van der Waals surface area contributed by atoms with E-state index in [2.05, 4.69) is 10.4 Å². The maximum atomic E-state index is 12.6. The number of benzene rings is 1. The monoisotopic (exact) mass is 365 g/mol. The molecule has 2 rings (SSSR count). The summed E-state index contributed by atoms with van der Waals surface area (Å²) in [5.74, 6) is -0.762. The van der Waals surface area contributed by atoms with Crippen LogP contribution in [0.1, 0.15) is 28.5 Å². The molecule has 1 heterocycles. The minimum atomic E-state index is -4.58. The minimum Gasteiger partial charge on any atom is -0.348 e. The molecule has 0 saturated heterocycles. The van der Waals surface area contributed by atoms with Gasteiger partial charge in [-0.1, -0.05) is 6.07 Å². The van der Waals surface area contributed by atoms with Crippen LogP contribution in [-0.2, 0) is 18.9 Å². The van der Waals surface area contributed by atoms with Gasteiger partial charge in [-0.05, 0) is 31.2 Å². The number of amides is 1. The van der Waals surface area contributed by atoms with E-state index in [-0.39, 0.29) is 12.1 Å². The highest BCUT2D eigenvalue weighted by molar-refractivity contribution is 5.94. The third-order valence-electron chi connectivity index (χ3n) is 3.22. The Morgan fingerprint density at radius 2 is 1.84 bits per heavy atom. The van der Waals surface area contributed by atoms with Gasteiger partial charge in [0, 0.05) is 17.8 Å². The van der Waals surface area contributed by atoms with Gasteiger partial charge >= 0.3 is 12.4 Å². The number of hydrogen-bond acceptors (Lipinski definition) is 2. The van der Waals surface area contributed by atoms with Crippen molar-refractivity contribution in [2.24, 2.45) is 0 Å². The van der Waals surface area contributed by atoms with Gasteiger partial charge in [0.2, 0.25) is 0 Å². The van der Waals surface area contributed by atoms with Crippen molar-refractivity contribution in [2.75, 3.05) is 0 Å². The van der Waals surface area contributed by atoms with Crippen LogP contribution in [0.2, 0.25) is 0 Å². The number of aromatic nitrogens is 2. The van der Waals surface area contributed by atoms with Gasteiger partial charge in [-0.2, -0.15) is 31.4 Å². The largest absolute Gasteiger partial charge is 0.435 e. The number of rotatable bonds is 4. The predicted molar refractivity (Wildman–Crippen MR) is 75.6 cm³/mol. The van der Waals surface area contributed by atoms with Crippen molar-refractivity contribution in [1.29, 1.82) is 0 Å². The lowest BCUT2D eigenvalue weighted by Gasteiger charge is -2.15. The van der Waals surface area contributed by atoms with Crippen molar-refractivity contribution in [2.45, 2.75) is 31.9 Å². The summed E-state index contributed by atoms with van der Waals surface area (Å²) in [5.41, 5.74) is -2.23. The molecular weight excluding hydrogens is 352 g/mol. The van der Waals surface area contributed by atoms with Crippen molar-refractivity contribution in [3.63, 3.8) is 0 Å². The third kappa shape index (κ3) is 4.97. The van der Waals surface area contributed by atoms with Gasteiger partial charge in [-0.3, -0.25) is 9.48 Å². The zero-order valence-corrected chi connectivity index (χ0v) is 12.8. The average Bonchev–Trinajstić information content (AvgIpc) is 2.95. The molecule has 1 amide bonds. The molecule has 1 atom stereocenters. The molecule has 0 radical (unpaired) electrons. The summed E-state index contributed by atoms with van der Waals surface area (Å²) in [5, 5.41) is 5.76. The molecular formula is C15H13F6N3O. The summed E-state index contributed by atoms with van der Waals surface area (Å²) in [6, 6.07) is 4.00. The second-order valence-electron chi connectivity index (χ2n) is 5.37. The van der Waals surface area contributed by atoms with Gasteiger partial charge in [0.15, 0.2) is 5.69 Å². The molecule has 1 N–H and O–H groups in total. The topological polar surface area (TPSA) is 46.9 Å². The Morgan fingerprint density at radius 1 is 1.16 bits per heavy atom. The first-order valence-corrected chi connectivity index (χ1v) is 7.05. The highest BCUT2D eigenvalue weighted by Crippen LogP contribution is 2.29. The quantitative estimate of drug-likeness (QED) is 0.839. The van der Waals surface area contributed by atoms with Gasteiger partial charge < -0.3 is 5.32 Å². The number of carbonyl (C=O) groups excluding carboxylic acids is 1. The summed E-state index contributed by atoms with van der Waals surface area (Å²) >= 11 is 0. The molecule has 136 valence electrons. The molecule has 0 saturated carbocycles. The Balaban J connectivity index is 2.02. The molecule has 0 spiro atoms. The van der Waals surface area contributed by atoms with Gasteiger partial charge in [0.05, 0.1) is 12.1 Å². The molecule has 0 unspecified atom stereocenters. The molecule has 0 aliphatic carbocycles. The van der Waals surface area contributed by atoms with E-state index in [1.165, 1.54) is 13.0 Å². The molecule has 25 heavy (non-hydrogen) atoms. The normalized spacial score (nSPS) is 13.6. The van der Waals surface area contributed by atoms with E-state index >= 15 is 0 Å². The molecule has 4 nitrogen and oxygen atoms in total. The fraction of sp³-hybridized carbons (Fsp3) is 0.333. The predicted octanol–water partition coefficient (Wildman–Crippen LogP) is 3.74. The van der Waals surface area contributed by atoms with E-state index < -0.39 is 35.6 Å². The van der Waals surface area contributed by atoms with Crippen LogP contribution in [0.3, 0.4) is 0 Å². The summed E-state index contributed by atoms with van der Waals surface area (Å²) in [6.07, 6.45) is -8.05. The lowest BCUT2D eigenvalue weighted by molar-refractivity contribution is -0.141. The van der Waals surface area contributed by atoms with E-state index in [9.17, 15) is 31.1 Å². The summed E-state index contributed by atoms with van der Waals surface area (Å²) in [6.45, 7) is 1.43. The van der Waals surface area contributed by atoms with Crippen molar-refractivity contribution < 1.29 is 31.1 Å². The number of halogens is 6. The van der Waals surface area contributed by atoms with Crippen LogP contribution < -0.4 is 5.32 Å². The number of alkyl halides is 6. The molecule has 2 aromatic rings. The van der Waals surface area contributed by atoms with E-state index in [4.69, 9.17) is 0 Å². The Bertz CT molecular complexity index is 750. The van der Waals surface area contributed by atoms with Crippen LogP contribution in [0, 0.1) is 0 Å². The molecule has 1 aromatic heterocycles. The van der Waals surface area contributed by atoms with Crippen LogP contribution in [0.5, 0.6) is 0 Å². The lowest BCUT2D eigenvalue weighted by Crippen LogP contribution is -2.36. The standard InChI is InChI=1S/C15H13F6N3O/c1-9(8-24-6-5-12(23-24)15(19,20)21)22-13(25)10-3-2-4-11(7-10)14(16,17)18/h2-7,9H,8H2,1H3,(H,22,25)/t9-/m0/s1. The highest BCUT2D eigenvalue weighted by Gasteiger charge is 2.33. The average molecular weight is 365 g/mol. The van der Waals surface area contributed by atoms with Crippen LogP contribution in [0.25, 0.3) is 0 Å². The highest BCUT2D eigenvalue weighted by atomic mass is 19.4. The van der Waals surface area contributed by atoms with Gasteiger partial charge in [-0.25, -0.2) is 0 Å². The first kappa shape index (κ1) is 18.8. The van der Waals surface area contributed by atoms with Crippen LogP contribution in [-0.4, -0.2) is 21.7 Å². The molecule has 0 fully saturated rings. The fourth-order valence-corrected chi connectivity index (χ4v) is 2.08. The second kappa shape index (κ2) is 6.77. The van der Waals surface area contributed by atoms with E-state index in [1.54, 1.807) is 0 Å². The Morgan fingerprint density at radius 3 is 2.40 bits per heavy atom. The minimum absolute atomic E-state index is 0.0687. The van der Waals surface area contributed by atoms with Crippen molar-refractivity contribution >= 4 is 5.91 Å². The lowest BCUT2D eigenvalue weighted by atomic mass is 10.1. The van der Waals surface area contributed by atoms with Gasteiger partial charge in [0.1, 0.15) is 0 Å².